The molecule has 0 spiro atoms. The van der Waals surface area contributed by atoms with E-state index in [0.717, 1.165) is 63.4 Å². The van der Waals surface area contributed by atoms with E-state index in [2.05, 4.69) is 27.0 Å². The maximum absolute atomic E-state index is 5.38. The molecule has 2 aliphatic heterocycles. The third-order valence-corrected chi connectivity index (χ3v) is 3.41. The van der Waals surface area contributed by atoms with Gasteiger partial charge in [-0.05, 0) is 12.2 Å². The number of hydrogen-bond donors (Lipinski definition) is 2. The summed E-state index contributed by atoms with van der Waals surface area (Å²) in [5, 5.41) is 7.30. The van der Waals surface area contributed by atoms with Crippen molar-refractivity contribution in [1.82, 2.24) is 20.4 Å². The lowest BCUT2D eigenvalue weighted by Gasteiger charge is -2.34. The molecule has 2 saturated heterocycles. The molecule has 0 aliphatic carbocycles. The summed E-state index contributed by atoms with van der Waals surface area (Å²) in [5.74, 6) is 0.906. The van der Waals surface area contributed by atoms with Gasteiger partial charge < -0.3 is 25.2 Å². The Hall–Kier alpha value is -0.850. The molecule has 0 aromatic carbocycles. The summed E-state index contributed by atoms with van der Waals surface area (Å²) in [5.41, 5.74) is 0. The van der Waals surface area contributed by atoms with E-state index in [1.54, 1.807) is 0 Å². The van der Waals surface area contributed by atoms with Gasteiger partial charge in [0.2, 0.25) is 0 Å². The predicted molar refractivity (Wildman–Crippen MR) is 71.7 cm³/mol. The van der Waals surface area contributed by atoms with Crippen LogP contribution in [0.3, 0.4) is 0 Å². The van der Waals surface area contributed by atoms with Crippen LogP contribution in [0.5, 0.6) is 0 Å². The predicted octanol–water partition coefficient (Wildman–Crippen LogP) is -0.430. The fourth-order valence-electron chi connectivity index (χ4n) is 1.98. The Kier molecular flexibility index (Phi) is 4.58. The number of rotatable bonds is 2. The molecule has 2 fully saturated rings. The van der Waals surface area contributed by atoms with Crippen LogP contribution in [-0.4, -0.2) is 67.4 Å². The van der Waals surface area contributed by atoms with Crippen molar-refractivity contribution in [2.75, 3.05) is 52.5 Å². The molecule has 0 bridgehead atoms. The average molecular weight is 256 g/mol. The minimum atomic E-state index is 0.752. The highest BCUT2D eigenvalue weighted by atomic mass is 32.1. The molecule has 6 heteroatoms. The van der Waals surface area contributed by atoms with Gasteiger partial charge in [0, 0.05) is 39.3 Å². The summed E-state index contributed by atoms with van der Waals surface area (Å²) in [6.07, 6.45) is 0. The summed E-state index contributed by atoms with van der Waals surface area (Å²) >= 11 is 5.38. The van der Waals surface area contributed by atoms with Crippen molar-refractivity contribution in [1.29, 1.82) is 0 Å². The Morgan fingerprint density at radius 2 is 1.76 bits per heavy atom. The maximum Gasteiger partial charge on any atom is 0.174 e. The van der Waals surface area contributed by atoms with Crippen LogP contribution in [0.15, 0.2) is 12.4 Å². The number of hydrogen-bond acceptors (Lipinski definition) is 4. The summed E-state index contributed by atoms with van der Waals surface area (Å²) < 4.78 is 5.30. The van der Waals surface area contributed by atoms with Crippen LogP contribution in [0, 0.1) is 0 Å². The summed E-state index contributed by atoms with van der Waals surface area (Å²) in [4.78, 5) is 4.36. The quantitative estimate of drug-likeness (QED) is 0.653. The molecule has 0 amide bonds. The average Bonchev–Trinajstić information content (AvgIpc) is 2.40. The van der Waals surface area contributed by atoms with Gasteiger partial charge in [0.05, 0.1) is 13.2 Å². The van der Waals surface area contributed by atoms with E-state index in [-0.39, 0.29) is 0 Å². The lowest BCUT2D eigenvalue weighted by atomic mass is 10.4. The van der Waals surface area contributed by atoms with Gasteiger partial charge in [0.15, 0.2) is 5.11 Å². The fraction of sp³-hybridized carbons (Fsp3) is 0.727. The molecule has 0 atom stereocenters. The molecular formula is C11H20N4OS. The zero-order chi connectivity index (χ0) is 12.1. The second kappa shape index (κ2) is 6.18. The monoisotopic (exact) mass is 256 g/mol. The van der Waals surface area contributed by atoms with Crippen LogP contribution in [0.4, 0.5) is 0 Å². The lowest BCUT2D eigenvalue weighted by molar-refractivity contribution is 0.0676. The van der Waals surface area contributed by atoms with Gasteiger partial charge in [0.1, 0.15) is 5.82 Å². The Morgan fingerprint density at radius 3 is 2.41 bits per heavy atom. The van der Waals surface area contributed by atoms with Crippen LogP contribution in [-0.2, 0) is 4.74 Å². The van der Waals surface area contributed by atoms with Crippen molar-refractivity contribution in [3.8, 4) is 0 Å². The number of ether oxygens (including phenoxy) is 1. The normalized spacial score (nSPS) is 21.2. The fourth-order valence-corrected chi connectivity index (χ4v) is 2.28. The third kappa shape index (κ3) is 3.55. The molecule has 0 radical (unpaired) electrons. The summed E-state index contributed by atoms with van der Waals surface area (Å²) in [6, 6.07) is 0. The standard InChI is InChI=1S/C11H20N4OS/c1-10(14-4-2-12-3-5-14)13-11(17)15-6-8-16-9-7-15/h12H,1-9H2,(H,13,17). The Balaban J connectivity index is 1.78. The number of morpholine rings is 1. The van der Waals surface area contributed by atoms with E-state index in [1.807, 2.05) is 0 Å². The van der Waals surface area contributed by atoms with E-state index >= 15 is 0 Å². The van der Waals surface area contributed by atoms with Crippen molar-refractivity contribution in [3.63, 3.8) is 0 Å². The first-order valence-electron chi connectivity index (χ1n) is 6.05. The lowest BCUT2D eigenvalue weighted by Crippen LogP contribution is -2.50. The van der Waals surface area contributed by atoms with E-state index < -0.39 is 0 Å². The van der Waals surface area contributed by atoms with Gasteiger partial charge in [-0.15, -0.1) is 0 Å². The zero-order valence-corrected chi connectivity index (χ0v) is 10.9. The molecule has 2 heterocycles. The van der Waals surface area contributed by atoms with E-state index in [0.29, 0.717) is 0 Å². The van der Waals surface area contributed by atoms with Gasteiger partial charge in [-0.25, -0.2) is 0 Å². The van der Waals surface area contributed by atoms with Crippen molar-refractivity contribution in [2.24, 2.45) is 0 Å². The second-order valence-electron chi connectivity index (χ2n) is 4.21. The Labute approximate surface area is 108 Å². The van der Waals surface area contributed by atoms with Crippen molar-refractivity contribution in [2.45, 2.75) is 0 Å². The van der Waals surface area contributed by atoms with Crippen molar-refractivity contribution in [3.05, 3.63) is 12.4 Å². The van der Waals surface area contributed by atoms with Crippen molar-refractivity contribution < 1.29 is 4.74 Å². The number of nitrogens with one attached hydrogen (secondary N) is 2. The first-order chi connectivity index (χ1) is 8.27. The minimum Gasteiger partial charge on any atom is -0.378 e. The third-order valence-electron chi connectivity index (χ3n) is 3.05. The maximum atomic E-state index is 5.38. The number of piperazine rings is 1. The van der Waals surface area contributed by atoms with E-state index in [4.69, 9.17) is 17.0 Å². The van der Waals surface area contributed by atoms with Crippen LogP contribution in [0.1, 0.15) is 0 Å². The van der Waals surface area contributed by atoms with Crippen LogP contribution in [0.2, 0.25) is 0 Å². The first-order valence-corrected chi connectivity index (χ1v) is 6.46. The number of nitrogens with zero attached hydrogens (tertiary/aromatic N) is 2. The zero-order valence-electron chi connectivity index (χ0n) is 10.1. The van der Waals surface area contributed by atoms with Gasteiger partial charge in [-0.3, -0.25) is 0 Å². The molecule has 2 rings (SSSR count). The molecule has 96 valence electrons. The molecule has 0 unspecified atom stereocenters. The molecule has 0 aromatic rings. The SMILES string of the molecule is C=C(NC(=S)N1CCOCC1)N1CCNCC1. The van der Waals surface area contributed by atoms with Crippen molar-refractivity contribution >= 4 is 17.3 Å². The summed E-state index contributed by atoms with van der Waals surface area (Å²) in [6.45, 7) is 11.3. The highest BCUT2D eigenvalue weighted by molar-refractivity contribution is 7.80. The van der Waals surface area contributed by atoms with Crippen LogP contribution < -0.4 is 10.6 Å². The Bertz CT molecular complexity index is 257. The second-order valence-corrected chi connectivity index (χ2v) is 4.60. The molecule has 17 heavy (non-hydrogen) atoms. The molecule has 2 aliphatic rings. The van der Waals surface area contributed by atoms with E-state index in [9.17, 15) is 0 Å². The molecule has 5 nitrogen and oxygen atoms in total. The first kappa shape index (κ1) is 12.6. The highest BCUT2D eigenvalue weighted by Gasteiger charge is 2.16. The molecular weight excluding hydrogens is 236 g/mol. The van der Waals surface area contributed by atoms with E-state index in [1.165, 1.54) is 0 Å². The Morgan fingerprint density at radius 1 is 1.12 bits per heavy atom. The number of thiocarbonyl (C=S) groups is 1. The largest absolute Gasteiger partial charge is 0.378 e. The minimum absolute atomic E-state index is 0.752. The van der Waals surface area contributed by atoms with Gasteiger partial charge in [0.25, 0.3) is 0 Å². The van der Waals surface area contributed by atoms with Gasteiger partial charge in [-0.1, -0.05) is 6.58 Å². The topological polar surface area (TPSA) is 39.8 Å². The highest BCUT2D eigenvalue weighted by Crippen LogP contribution is 2.03. The summed E-state index contributed by atoms with van der Waals surface area (Å²) in [7, 11) is 0. The van der Waals surface area contributed by atoms with Crippen LogP contribution >= 0.6 is 12.2 Å². The smallest absolute Gasteiger partial charge is 0.174 e. The molecule has 0 aromatic heterocycles. The molecule has 0 saturated carbocycles. The van der Waals surface area contributed by atoms with Gasteiger partial charge >= 0.3 is 0 Å². The van der Waals surface area contributed by atoms with Crippen LogP contribution in [0.25, 0.3) is 0 Å². The van der Waals surface area contributed by atoms with Gasteiger partial charge in [-0.2, -0.15) is 0 Å². The molecule has 2 N–H and O–H groups in total.